The summed E-state index contributed by atoms with van der Waals surface area (Å²) in [6.45, 7) is 0. The summed E-state index contributed by atoms with van der Waals surface area (Å²) >= 11 is 0. The number of fused-ring (bicyclic) bond motifs is 2. The second-order valence-corrected chi connectivity index (χ2v) is 6.70. The van der Waals surface area contributed by atoms with Crippen LogP contribution in [0.1, 0.15) is 16.1 Å². The van der Waals surface area contributed by atoms with Gasteiger partial charge in [-0.25, -0.2) is 4.98 Å². The first-order valence-corrected chi connectivity index (χ1v) is 9.04. The number of benzene rings is 3. The molecular formula is C23H19N3O2. The number of hydrogen-bond donors (Lipinski definition) is 2. The molecule has 3 aromatic carbocycles. The predicted molar refractivity (Wildman–Crippen MR) is 110 cm³/mol. The smallest absolute Gasteiger partial charge is 0.270 e. The second-order valence-electron chi connectivity index (χ2n) is 6.70. The Morgan fingerprint density at radius 2 is 1.54 bits per heavy atom. The number of nitrogens with two attached hydrogens (primary N) is 1. The van der Waals surface area contributed by atoms with Gasteiger partial charge in [-0.2, -0.15) is 0 Å². The van der Waals surface area contributed by atoms with Gasteiger partial charge in [0.05, 0.1) is 5.52 Å². The average molecular weight is 369 g/mol. The Hall–Kier alpha value is -3.73. The van der Waals surface area contributed by atoms with Gasteiger partial charge in [0.15, 0.2) is 0 Å². The van der Waals surface area contributed by atoms with Crippen LogP contribution in [0, 0.1) is 0 Å². The molecule has 0 radical (unpaired) electrons. The minimum Gasteiger partial charge on any atom is -0.368 e. The van der Waals surface area contributed by atoms with Crippen molar-refractivity contribution >= 4 is 33.5 Å². The normalized spacial score (nSPS) is 12.0. The van der Waals surface area contributed by atoms with Crippen LogP contribution < -0.4 is 11.1 Å². The molecule has 0 aliphatic rings. The number of pyridine rings is 1. The Bertz CT molecular complexity index is 1190. The van der Waals surface area contributed by atoms with Crippen LogP contribution in [0.25, 0.3) is 21.7 Å². The number of carbonyl (C=O) groups excluding carboxylic acids is 2. The first-order valence-electron chi connectivity index (χ1n) is 9.04. The quantitative estimate of drug-likeness (QED) is 0.566. The molecule has 4 aromatic rings. The first kappa shape index (κ1) is 17.7. The van der Waals surface area contributed by atoms with Crippen LogP contribution in [0.2, 0.25) is 0 Å². The van der Waals surface area contributed by atoms with E-state index in [-0.39, 0.29) is 5.69 Å². The fraction of sp³-hybridized carbons (Fsp3) is 0.0870. The number of nitrogens with zero attached hydrogens (tertiary/aromatic N) is 1. The average Bonchev–Trinajstić information content (AvgIpc) is 2.72. The molecule has 0 unspecified atom stereocenters. The van der Waals surface area contributed by atoms with E-state index in [1.165, 1.54) is 0 Å². The lowest BCUT2D eigenvalue weighted by Crippen LogP contribution is -2.46. The number of nitrogens with one attached hydrogen (secondary N) is 1. The summed E-state index contributed by atoms with van der Waals surface area (Å²) < 4.78 is 0. The lowest BCUT2D eigenvalue weighted by molar-refractivity contribution is -0.119. The summed E-state index contributed by atoms with van der Waals surface area (Å²) in [5.74, 6) is -1.00. The Morgan fingerprint density at radius 1 is 0.857 bits per heavy atom. The van der Waals surface area contributed by atoms with Gasteiger partial charge in [-0.05, 0) is 28.5 Å². The molecule has 0 saturated carbocycles. The molecule has 0 aliphatic carbocycles. The lowest BCUT2D eigenvalue weighted by Gasteiger charge is -2.16. The third-order valence-corrected chi connectivity index (χ3v) is 4.73. The maximum Gasteiger partial charge on any atom is 0.270 e. The minimum absolute atomic E-state index is 0.253. The number of amides is 2. The van der Waals surface area contributed by atoms with Crippen molar-refractivity contribution in [2.45, 2.75) is 12.5 Å². The molecule has 2 amide bonds. The minimum atomic E-state index is -0.818. The molecular weight excluding hydrogens is 350 g/mol. The third-order valence-electron chi connectivity index (χ3n) is 4.73. The summed E-state index contributed by atoms with van der Waals surface area (Å²) in [5.41, 5.74) is 7.44. The van der Waals surface area contributed by atoms with E-state index in [2.05, 4.69) is 10.3 Å². The second kappa shape index (κ2) is 7.48. The number of hydrogen-bond acceptors (Lipinski definition) is 3. The number of para-hydroxylation sites is 1. The van der Waals surface area contributed by atoms with Crippen molar-refractivity contribution in [1.82, 2.24) is 10.3 Å². The van der Waals surface area contributed by atoms with Crippen molar-refractivity contribution in [1.29, 1.82) is 0 Å². The standard InChI is InChI=1S/C23H19N3O2/c24-22(27)21(14-15-9-10-16-5-1-2-7-18(16)13-15)26-23(28)20-12-11-17-6-3-4-8-19(17)25-20/h1-13,21H,14H2,(H2,24,27)(H,26,28)/t21-/m1/s1. The van der Waals surface area contributed by atoms with Gasteiger partial charge in [0.25, 0.3) is 5.91 Å². The van der Waals surface area contributed by atoms with E-state index in [1.54, 1.807) is 6.07 Å². The highest BCUT2D eigenvalue weighted by Crippen LogP contribution is 2.17. The van der Waals surface area contributed by atoms with Crippen molar-refractivity contribution < 1.29 is 9.59 Å². The highest BCUT2D eigenvalue weighted by molar-refractivity contribution is 5.97. The molecule has 0 aliphatic heterocycles. The zero-order valence-electron chi connectivity index (χ0n) is 15.1. The van der Waals surface area contributed by atoms with E-state index in [1.807, 2.05) is 72.8 Å². The summed E-state index contributed by atoms with van der Waals surface area (Å²) in [4.78, 5) is 28.9. The lowest BCUT2D eigenvalue weighted by atomic mass is 10.0. The number of aromatic nitrogens is 1. The zero-order valence-corrected chi connectivity index (χ0v) is 15.1. The maximum absolute atomic E-state index is 12.6. The number of rotatable bonds is 5. The van der Waals surface area contributed by atoms with Crippen LogP contribution in [0.3, 0.4) is 0 Å². The van der Waals surface area contributed by atoms with Gasteiger partial charge in [-0.15, -0.1) is 0 Å². The molecule has 0 spiro atoms. The first-order chi connectivity index (χ1) is 13.6. The van der Waals surface area contributed by atoms with Crippen LogP contribution in [0.4, 0.5) is 0 Å². The van der Waals surface area contributed by atoms with Crippen LogP contribution in [0.5, 0.6) is 0 Å². The van der Waals surface area contributed by atoms with Crippen molar-refractivity contribution in [3.63, 3.8) is 0 Å². The number of primary amides is 1. The van der Waals surface area contributed by atoms with E-state index in [9.17, 15) is 9.59 Å². The van der Waals surface area contributed by atoms with Crippen LogP contribution >= 0.6 is 0 Å². The van der Waals surface area contributed by atoms with Crippen LogP contribution in [-0.4, -0.2) is 22.8 Å². The highest BCUT2D eigenvalue weighted by atomic mass is 16.2. The van der Waals surface area contributed by atoms with Gasteiger partial charge < -0.3 is 11.1 Å². The maximum atomic E-state index is 12.6. The van der Waals surface area contributed by atoms with Crippen LogP contribution in [0.15, 0.2) is 78.9 Å². The Morgan fingerprint density at radius 3 is 2.32 bits per heavy atom. The molecule has 1 atom stereocenters. The van der Waals surface area contributed by atoms with Gasteiger partial charge in [0.2, 0.25) is 5.91 Å². The van der Waals surface area contributed by atoms with E-state index < -0.39 is 17.9 Å². The summed E-state index contributed by atoms with van der Waals surface area (Å²) in [6.07, 6.45) is 0.319. The molecule has 0 fully saturated rings. The summed E-state index contributed by atoms with van der Waals surface area (Å²) in [7, 11) is 0. The predicted octanol–water partition coefficient (Wildman–Crippen LogP) is 3.21. The Kier molecular flexibility index (Phi) is 4.72. The molecule has 4 rings (SSSR count). The van der Waals surface area contributed by atoms with Gasteiger partial charge in [0, 0.05) is 11.8 Å². The van der Waals surface area contributed by atoms with Crippen LogP contribution in [-0.2, 0) is 11.2 Å². The van der Waals surface area contributed by atoms with E-state index in [4.69, 9.17) is 5.73 Å². The number of carbonyl (C=O) groups is 2. The fourth-order valence-electron chi connectivity index (χ4n) is 3.25. The zero-order chi connectivity index (χ0) is 19.5. The molecule has 0 bridgehead atoms. The SMILES string of the molecule is NC(=O)[C@@H](Cc1ccc2ccccc2c1)NC(=O)c1ccc2ccccc2n1. The molecule has 5 nitrogen and oxygen atoms in total. The molecule has 3 N–H and O–H groups in total. The summed E-state index contributed by atoms with van der Waals surface area (Å²) in [5, 5.41) is 5.86. The Labute approximate surface area is 162 Å². The monoisotopic (exact) mass is 369 g/mol. The van der Waals surface area contributed by atoms with E-state index in [0.29, 0.717) is 6.42 Å². The van der Waals surface area contributed by atoms with Crippen molar-refractivity contribution in [3.8, 4) is 0 Å². The molecule has 1 heterocycles. The summed E-state index contributed by atoms with van der Waals surface area (Å²) in [6, 6.07) is 24.1. The highest BCUT2D eigenvalue weighted by Gasteiger charge is 2.20. The van der Waals surface area contributed by atoms with E-state index in [0.717, 1.165) is 27.2 Å². The fourth-order valence-corrected chi connectivity index (χ4v) is 3.25. The third kappa shape index (κ3) is 3.69. The van der Waals surface area contributed by atoms with Crippen molar-refractivity contribution in [3.05, 3.63) is 90.1 Å². The van der Waals surface area contributed by atoms with Crippen molar-refractivity contribution in [2.24, 2.45) is 5.73 Å². The molecule has 138 valence electrons. The van der Waals surface area contributed by atoms with Gasteiger partial charge in [-0.3, -0.25) is 9.59 Å². The van der Waals surface area contributed by atoms with Gasteiger partial charge in [-0.1, -0.05) is 66.7 Å². The topological polar surface area (TPSA) is 85.1 Å². The van der Waals surface area contributed by atoms with Gasteiger partial charge >= 0.3 is 0 Å². The molecule has 1 aromatic heterocycles. The molecule has 0 saturated heterocycles. The molecule has 28 heavy (non-hydrogen) atoms. The molecule has 5 heteroatoms. The Balaban J connectivity index is 1.55. The van der Waals surface area contributed by atoms with Gasteiger partial charge in [0.1, 0.15) is 11.7 Å². The largest absolute Gasteiger partial charge is 0.368 e. The van der Waals surface area contributed by atoms with E-state index >= 15 is 0 Å². The van der Waals surface area contributed by atoms with Crippen molar-refractivity contribution in [2.75, 3.05) is 0 Å².